The fraction of sp³-hybridized carbons (Fsp3) is 0.385. The Bertz CT molecular complexity index is 577. The summed E-state index contributed by atoms with van der Waals surface area (Å²) in [5.41, 5.74) is -0.952. The van der Waals surface area contributed by atoms with E-state index < -0.39 is 16.2 Å². The summed E-state index contributed by atoms with van der Waals surface area (Å²) in [6, 6.07) is 6.32. The number of carbonyl (C=O) groups excluding carboxylic acids is 1. The molecule has 7 heteroatoms. The van der Waals surface area contributed by atoms with Gasteiger partial charge in [-0.2, -0.15) is 5.26 Å². The lowest BCUT2D eigenvalue weighted by Gasteiger charge is -2.22. The molecule has 0 radical (unpaired) electrons. The molecule has 1 aromatic carbocycles. The molecule has 1 amide bonds. The highest BCUT2D eigenvalue weighted by Crippen LogP contribution is 2.30. The molecule has 0 bridgehead atoms. The van der Waals surface area contributed by atoms with Crippen LogP contribution in [0.4, 0.5) is 11.4 Å². The SMILES string of the molecule is CCC(C#N)(CC)C(=O)Nc1ccc(Br)c([N+](=O)[O-])c1. The second-order valence-electron chi connectivity index (χ2n) is 4.28. The maximum absolute atomic E-state index is 12.2. The van der Waals surface area contributed by atoms with E-state index in [1.54, 1.807) is 19.9 Å². The van der Waals surface area contributed by atoms with Crippen LogP contribution in [0, 0.1) is 26.9 Å². The number of anilines is 1. The van der Waals surface area contributed by atoms with Gasteiger partial charge in [-0.15, -0.1) is 0 Å². The van der Waals surface area contributed by atoms with Crippen molar-refractivity contribution in [3.8, 4) is 6.07 Å². The van der Waals surface area contributed by atoms with Crippen molar-refractivity contribution in [2.45, 2.75) is 26.7 Å². The van der Waals surface area contributed by atoms with Gasteiger partial charge in [0, 0.05) is 11.8 Å². The van der Waals surface area contributed by atoms with Crippen LogP contribution in [0.5, 0.6) is 0 Å². The van der Waals surface area contributed by atoms with Crippen LogP contribution >= 0.6 is 15.9 Å². The van der Waals surface area contributed by atoms with Gasteiger partial charge in [0.2, 0.25) is 5.91 Å². The van der Waals surface area contributed by atoms with Crippen LogP contribution in [-0.4, -0.2) is 10.8 Å². The zero-order chi connectivity index (χ0) is 15.3. The summed E-state index contributed by atoms with van der Waals surface area (Å²) in [5.74, 6) is -0.443. The summed E-state index contributed by atoms with van der Waals surface area (Å²) in [6.07, 6.45) is 0.759. The van der Waals surface area contributed by atoms with Crippen LogP contribution in [0.1, 0.15) is 26.7 Å². The van der Waals surface area contributed by atoms with Crippen molar-refractivity contribution in [2.24, 2.45) is 5.41 Å². The number of carbonyl (C=O) groups is 1. The van der Waals surface area contributed by atoms with Gasteiger partial charge in [-0.3, -0.25) is 14.9 Å². The van der Waals surface area contributed by atoms with E-state index in [2.05, 4.69) is 21.2 Å². The van der Waals surface area contributed by atoms with Crippen molar-refractivity contribution in [1.29, 1.82) is 5.26 Å². The Hall–Kier alpha value is -1.94. The number of halogens is 1. The number of nitrogens with zero attached hydrogens (tertiary/aromatic N) is 2. The third-order valence-electron chi connectivity index (χ3n) is 3.26. The van der Waals surface area contributed by atoms with Crippen LogP contribution in [0.15, 0.2) is 22.7 Å². The van der Waals surface area contributed by atoms with Gasteiger partial charge in [-0.05, 0) is 40.9 Å². The molecule has 0 aliphatic heterocycles. The van der Waals surface area contributed by atoms with E-state index in [-0.39, 0.29) is 5.69 Å². The first kappa shape index (κ1) is 16.1. The van der Waals surface area contributed by atoms with Crippen molar-refractivity contribution in [3.63, 3.8) is 0 Å². The number of benzene rings is 1. The Morgan fingerprint density at radius 2 is 2.10 bits per heavy atom. The van der Waals surface area contributed by atoms with Gasteiger partial charge in [0.25, 0.3) is 5.69 Å². The molecule has 20 heavy (non-hydrogen) atoms. The molecular weight excluding hydrogens is 326 g/mol. The first-order chi connectivity index (χ1) is 9.40. The molecule has 1 N–H and O–H groups in total. The highest BCUT2D eigenvalue weighted by atomic mass is 79.9. The maximum atomic E-state index is 12.2. The first-order valence-electron chi connectivity index (χ1n) is 6.06. The van der Waals surface area contributed by atoms with Crippen molar-refractivity contribution in [1.82, 2.24) is 0 Å². The molecule has 0 saturated heterocycles. The lowest BCUT2D eigenvalue weighted by Crippen LogP contribution is -2.33. The molecule has 6 nitrogen and oxygen atoms in total. The molecule has 0 saturated carbocycles. The maximum Gasteiger partial charge on any atom is 0.285 e. The molecule has 0 aromatic heterocycles. The Balaban J connectivity index is 3.06. The van der Waals surface area contributed by atoms with Crippen LogP contribution < -0.4 is 5.32 Å². The topological polar surface area (TPSA) is 96.0 Å². The number of nitriles is 1. The number of nitro benzene ring substituents is 1. The second kappa shape index (κ2) is 6.48. The molecule has 0 spiro atoms. The Morgan fingerprint density at radius 1 is 1.50 bits per heavy atom. The van der Waals surface area contributed by atoms with Gasteiger partial charge < -0.3 is 5.32 Å². The molecule has 0 fully saturated rings. The van der Waals surface area contributed by atoms with Crippen LogP contribution in [-0.2, 0) is 4.79 Å². The molecule has 1 aromatic rings. The predicted octanol–water partition coefficient (Wildman–Crippen LogP) is 3.63. The Kier molecular flexibility index (Phi) is 5.22. The summed E-state index contributed by atoms with van der Waals surface area (Å²) >= 11 is 3.07. The average Bonchev–Trinajstić information content (AvgIpc) is 2.43. The smallest absolute Gasteiger partial charge is 0.285 e. The summed E-state index contributed by atoms with van der Waals surface area (Å²) in [6.45, 7) is 3.52. The van der Waals surface area contributed by atoms with Gasteiger partial charge in [-0.25, -0.2) is 0 Å². The molecule has 106 valence electrons. The number of nitro groups is 1. The largest absolute Gasteiger partial charge is 0.324 e. The lowest BCUT2D eigenvalue weighted by atomic mass is 9.83. The number of amides is 1. The zero-order valence-corrected chi connectivity index (χ0v) is 12.7. The number of hydrogen-bond donors (Lipinski definition) is 1. The molecular formula is C13H14BrN3O3. The van der Waals surface area contributed by atoms with Crippen molar-refractivity contribution < 1.29 is 9.72 Å². The standard InChI is InChI=1S/C13H14BrN3O3/c1-3-13(4-2,8-15)12(18)16-9-5-6-10(14)11(7-9)17(19)20/h5-7H,3-4H2,1-2H3,(H,16,18). The van der Waals surface area contributed by atoms with E-state index in [4.69, 9.17) is 0 Å². The van der Waals surface area contributed by atoms with Crippen LogP contribution in [0.3, 0.4) is 0 Å². The molecule has 0 aliphatic rings. The number of hydrogen-bond acceptors (Lipinski definition) is 4. The first-order valence-corrected chi connectivity index (χ1v) is 6.86. The van der Waals surface area contributed by atoms with Gasteiger partial charge in [0.15, 0.2) is 0 Å². The molecule has 0 unspecified atom stereocenters. The van der Waals surface area contributed by atoms with E-state index in [0.29, 0.717) is 23.0 Å². The van der Waals surface area contributed by atoms with E-state index in [0.717, 1.165) is 0 Å². The minimum absolute atomic E-state index is 0.140. The second-order valence-corrected chi connectivity index (χ2v) is 5.13. The summed E-state index contributed by atoms with van der Waals surface area (Å²) in [5, 5.41) is 22.6. The number of nitrogens with one attached hydrogen (secondary N) is 1. The van der Waals surface area contributed by atoms with Crippen molar-refractivity contribution in [2.75, 3.05) is 5.32 Å². The predicted molar refractivity (Wildman–Crippen MR) is 78.1 cm³/mol. The monoisotopic (exact) mass is 339 g/mol. The Morgan fingerprint density at radius 3 is 2.55 bits per heavy atom. The fourth-order valence-electron chi connectivity index (χ4n) is 1.76. The molecule has 1 rings (SSSR count). The van der Waals surface area contributed by atoms with Gasteiger partial charge in [0.1, 0.15) is 5.41 Å². The normalized spacial score (nSPS) is 10.7. The Labute approximate surface area is 125 Å². The summed E-state index contributed by atoms with van der Waals surface area (Å²) in [4.78, 5) is 22.5. The minimum atomic E-state index is -1.11. The third-order valence-corrected chi connectivity index (χ3v) is 3.93. The summed E-state index contributed by atoms with van der Waals surface area (Å²) in [7, 11) is 0. The van der Waals surface area contributed by atoms with E-state index in [1.165, 1.54) is 12.1 Å². The highest BCUT2D eigenvalue weighted by Gasteiger charge is 2.35. The zero-order valence-electron chi connectivity index (χ0n) is 11.1. The highest BCUT2D eigenvalue weighted by molar-refractivity contribution is 9.10. The minimum Gasteiger partial charge on any atom is -0.324 e. The quantitative estimate of drug-likeness (QED) is 0.654. The van der Waals surface area contributed by atoms with Crippen LogP contribution in [0.25, 0.3) is 0 Å². The van der Waals surface area contributed by atoms with Crippen molar-refractivity contribution >= 4 is 33.2 Å². The van der Waals surface area contributed by atoms with E-state index >= 15 is 0 Å². The van der Waals surface area contributed by atoms with Gasteiger partial charge in [-0.1, -0.05) is 13.8 Å². The fourth-order valence-corrected chi connectivity index (χ4v) is 2.15. The third kappa shape index (κ3) is 3.14. The molecule has 0 heterocycles. The average molecular weight is 340 g/mol. The molecule has 0 aliphatic carbocycles. The molecule has 0 atom stereocenters. The van der Waals surface area contributed by atoms with Gasteiger partial charge in [0.05, 0.1) is 15.5 Å². The number of rotatable bonds is 5. The summed E-state index contributed by atoms with van der Waals surface area (Å²) < 4.78 is 0.332. The van der Waals surface area contributed by atoms with Crippen molar-refractivity contribution in [3.05, 3.63) is 32.8 Å². The van der Waals surface area contributed by atoms with E-state index in [1.807, 2.05) is 6.07 Å². The van der Waals surface area contributed by atoms with Gasteiger partial charge >= 0.3 is 0 Å². The lowest BCUT2D eigenvalue weighted by molar-refractivity contribution is -0.385. The van der Waals surface area contributed by atoms with E-state index in [9.17, 15) is 20.2 Å². The van der Waals surface area contributed by atoms with Crippen LogP contribution in [0.2, 0.25) is 0 Å².